The third kappa shape index (κ3) is 20.7. The van der Waals surface area contributed by atoms with Crippen molar-refractivity contribution in [3.8, 4) is 11.5 Å². The number of carbonyl (C=O) groups is 6. The van der Waals surface area contributed by atoms with Gasteiger partial charge in [0.1, 0.15) is 54.5 Å². The molecule has 1 heterocycles. The van der Waals surface area contributed by atoms with Crippen LogP contribution in [-0.2, 0) is 44.3 Å². The van der Waals surface area contributed by atoms with Crippen molar-refractivity contribution >= 4 is 60.4 Å². The molecule has 0 saturated carbocycles. The van der Waals surface area contributed by atoms with Crippen molar-refractivity contribution in [1.82, 2.24) is 37.1 Å². The van der Waals surface area contributed by atoms with Gasteiger partial charge in [-0.15, -0.1) is 5.11 Å². The van der Waals surface area contributed by atoms with Gasteiger partial charge in [0.15, 0.2) is 5.96 Å². The number of rotatable bonds is 32. The first kappa shape index (κ1) is 59.3. The van der Waals surface area contributed by atoms with Crippen LogP contribution in [0.5, 0.6) is 11.5 Å². The minimum Gasteiger partial charge on any atom is -0.746 e. The van der Waals surface area contributed by atoms with Crippen molar-refractivity contribution in [1.29, 1.82) is 5.41 Å². The van der Waals surface area contributed by atoms with Crippen LogP contribution in [-0.4, -0.2) is 163 Å². The van der Waals surface area contributed by atoms with Gasteiger partial charge in [-0.3, -0.25) is 44.6 Å². The molecule has 1 fully saturated rings. The number of amides is 3. The van der Waals surface area contributed by atoms with E-state index < -0.39 is 85.9 Å². The van der Waals surface area contributed by atoms with Crippen LogP contribution in [0.25, 0.3) is 0 Å². The van der Waals surface area contributed by atoms with Crippen LogP contribution < -0.4 is 59.0 Å². The lowest BCUT2D eigenvalue weighted by molar-refractivity contribution is -0.870. The number of phenolic OH excluding ortho intramolecular Hbond substituents is 1. The molecule has 394 valence electrons. The first-order valence-corrected chi connectivity index (χ1v) is 24.3. The van der Waals surface area contributed by atoms with E-state index in [0.29, 0.717) is 42.4 Å². The Morgan fingerprint density at radius 2 is 1.69 bits per heavy atom. The lowest BCUT2D eigenvalue weighted by Gasteiger charge is -2.30. The summed E-state index contributed by atoms with van der Waals surface area (Å²) in [6.07, 6.45) is 0.399. The molecule has 16 N–H and O–H groups in total. The first-order valence-electron chi connectivity index (χ1n) is 22.9. The number of ketones is 2. The van der Waals surface area contributed by atoms with Gasteiger partial charge in [-0.2, -0.15) is 5.11 Å². The number of phosphoric ester groups is 1. The van der Waals surface area contributed by atoms with Gasteiger partial charge in [0, 0.05) is 13.1 Å². The van der Waals surface area contributed by atoms with Crippen molar-refractivity contribution < 1.29 is 67.1 Å². The molecule has 28 heteroatoms. The number of likely N-dealkylation sites (tertiary alicyclic amines) is 1. The molecule has 0 radical (unpaired) electrons. The van der Waals surface area contributed by atoms with E-state index in [4.69, 9.17) is 31.8 Å². The highest BCUT2D eigenvalue weighted by atomic mass is 31.2. The summed E-state index contributed by atoms with van der Waals surface area (Å²) >= 11 is 0. The summed E-state index contributed by atoms with van der Waals surface area (Å²) < 4.78 is 22.6. The van der Waals surface area contributed by atoms with Gasteiger partial charge in [-0.05, 0) is 107 Å². The maximum atomic E-state index is 13.9. The number of carboxylic acids is 1. The largest absolute Gasteiger partial charge is 0.746 e. The van der Waals surface area contributed by atoms with Crippen LogP contribution in [0.3, 0.4) is 0 Å². The smallest absolute Gasteiger partial charge is 0.322 e. The number of hydrogen-bond acceptors (Lipinski definition) is 20. The third-order valence-electron chi connectivity index (χ3n) is 10.9. The van der Waals surface area contributed by atoms with E-state index in [-0.39, 0.29) is 80.6 Å². The average Bonchev–Trinajstić information content (AvgIpc) is 3.79. The zero-order valence-electron chi connectivity index (χ0n) is 40.3. The molecule has 0 spiro atoms. The Kier molecular flexibility index (Phi) is 24.0. The number of aromatic hydroxyl groups is 1. The van der Waals surface area contributed by atoms with Gasteiger partial charge in [0.05, 0.1) is 45.5 Å². The second-order valence-corrected chi connectivity index (χ2v) is 19.1. The number of phenols is 1. The Bertz CT molecular complexity index is 2210. The number of aliphatic hydroxyl groups is 1. The van der Waals surface area contributed by atoms with Crippen molar-refractivity contribution in [2.24, 2.45) is 27.5 Å². The summed E-state index contributed by atoms with van der Waals surface area (Å²) in [4.78, 5) is 93.5. The van der Waals surface area contributed by atoms with Gasteiger partial charge < -0.3 is 66.1 Å². The third-order valence-corrected chi connectivity index (χ3v) is 11.8. The second-order valence-electron chi connectivity index (χ2n) is 17.7. The summed E-state index contributed by atoms with van der Waals surface area (Å²) in [5.74, 6) is -0.702. The van der Waals surface area contributed by atoms with Crippen molar-refractivity contribution in [3.63, 3.8) is 0 Å². The number of benzene rings is 2. The van der Waals surface area contributed by atoms with Gasteiger partial charge in [-0.1, -0.05) is 6.07 Å². The number of Topliss-reactive ketones (excluding diaryl/α,β-unsaturated/α-hetero) is 2. The molecule has 3 rings (SSSR count). The molecule has 1 aliphatic rings. The number of quaternary nitrogens is 1. The monoisotopic (exact) mass is 1020 g/mol. The van der Waals surface area contributed by atoms with Gasteiger partial charge >= 0.3 is 13.8 Å². The molecule has 2 aromatic rings. The highest BCUT2D eigenvalue weighted by molar-refractivity contribution is 7.46. The molecule has 71 heavy (non-hydrogen) atoms. The van der Waals surface area contributed by atoms with E-state index in [2.05, 4.69) is 42.5 Å². The standard InChI is InChI=1S/C43H69N14O13P/c1-26(58)37(52-47)40(63)51-31(9-5-6-18-44)41(64)56-20-8-11-34(56)39(62)50-30(10-7-19-48-43(45)46)38(61)36(60)25-49-54-33(42(65)66)24-27-12-17-35(59)32(23-27)55-53-28-13-15-29(16-14-28)70-71(67,68)69-22-21-57(2,3)4/h12-17,23,26,30-31,33-34,37,49,52,54,58H,5-11,18-22,24-25,44,47H2,1-4H3,(H8-,45,46,48,50,51,53,59,62,63,65,66,67,68)/t26-,30+,31+,33?,34+,37+/m1/s1. The number of guanidine groups is 1. The number of likely N-dealkylation sites (N-methyl/N-ethyl adjacent to an activating group) is 1. The van der Waals surface area contributed by atoms with E-state index in [9.17, 15) is 53.5 Å². The zero-order chi connectivity index (χ0) is 52.9. The summed E-state index contributed by atoms with van der Waals surface area (Å²) in [5, 5.41) is 53.8. The van der Waals surface area contributed by atoms with Crippen LogP contribution in [0.1, 0.15) is 57.4 Å². The summed E-state index contributed by atoms with van der Waals surface area (Å²) in [6.45, 7) is 1.56. The Balaban J connectivity index is 1.67. The average molecular weight is 1020 g/mol. The zero-order valence-corrected chi connectivity index (χ0v) is 41.2. The van der Waals surface area contributed by atoms with Crippen LogP contribution >= 0.6 is 7.82 Å². The van der Waals surface area contributed by atoms with Gasteiger partial charge in [0.2, 0.25) is 29.3 Å². The second kappa shape index (κ2) is 28.7. The summed E-state index contributed by atoms with van der Waals surface area (Å²) in [5.41, 5.74) is 18.8. The molecule has 0 aliphatic carbocycles. The maximum Gasteiger partial charge on any atom is 0.322 e. The lowest BCUT2D eigenvalue weighted by atomic mass is 10.0. The van der Waals surface area contributed by atoms with Gasteiger partial charge in [0.25, 0.3) is 0 Å². The fourth-order valence-corrected chi connectivity index (χ4v) is 7.77. The Labute approximate surface area is 411 Å². The van der Waals surface area contributed by atoms with Crippen molar-refractivity contribution in [3.05, 3.63) is 48.0 Å². The number of unbranched alkanes of at least 4 members (excludes halogenated alkanes) is 1. The molecule has 27 nitrogen and oxygen atoms in total. The normalized spacial score (nSPS) is 16.8. The predicted molar refractivity (Wildman–Crippen MR) is 256 cm³/mol. The van der Waals surface area contributed by atoms with Crippen molar-refractivity contribution in [2.75, 3.05) is 60.5 Å². The number of nitrogens with two attached hydrogens (primary N) is 3. The van der Waals surface area contributed by atoms with Crippen molar-refractivity contribution in [2.45, 2.75) is 94.6 Å². The quantitative estimate of drug-likeness (QED) is 0.00441. The van der Waals surface area contributed by atoms with Crippen LogP contribution in [0.4, 0.5) is 11.4 Å². The van der Waals surface area contributed by atoms with E-state index in [1.165, 1.54) is 54.3 Å². The van der Waals surface area contributed by atoms with E-state index in [0.717, 1.165) is 0 Å². The summed E-state index contributed by atoms with van der Waals surface area (Å²) in [6, 6.07) is 3.34. The maximum absolute atomic E-state index is 13.9. The minimum absolute atomic E-state index is 0.0320. The van der Waals surface area contributed by atoms with E-state index in [1.807, 2.05) is 21.1 Å². The number of carboxylic acid groups (broad SMARTS) is 1. The number of aliphatic carboxylic acids is 1. The molecular formula is C43H69N14O13P. The molecule has 1 saturated heterocycles. The Morgan fingerprint density at radius 3 is 2.31 bits per heavy atom. The number of hydrazine groups is 2. The highest BCUT2D eigenvalue weighted by Crippen LogP contribution is 2.40. The molecule has 1 aliphatic heterocycles. The van der Waals surface area contributed by atoms with Gasteiger partial charge in [-0.25, -0.2) is 16.3 Å². The number of phosphoric acid groups is 1. The molecule has 7 atom stereocenters. The number of aliphatic hydroxyl groups excluding tert-OH is 1. The van der Waals surface area contributed by atoms with Crippen LogP contribution in [0.2, 0.25) is 0 Å². The number of nitrogens with zero attached hydrogens (tertiary/aromatic N) is 4. The molecule has 3 amide bonds. The summed E-state index contributed by atoms with van der Waals surface area (Å²) in [7, 11) is 0.987. The number of hydrogen-bond donors (Lipinski definition) is 13. The van der Waals surface area contributed by atoms with E-state index >= 15 is 0 Å². The highest BCUT2D eigenvalue weighted by Gasteiger charge is 2.40. The molecule has 2 aromatic carbocycles. The molecule has 2 unspecified atom stereocenters. The fourth-order valence-electron chi connectivity index (χ4n) is 7.03. The first-order chi connectivity index (χ1) is 33.4. The topological polar surface area (TPSA) is 424 Å². The lowest BCUT2D eigenvalue weighted by Crippen LogP contribution is -2.59. The fraction of sp³-hybridized carbons (Fsp3) is 0.558. The molecule has 0 aromatic heterocycles. The minimum atomic E-state index is -4.65. The Morgan fingerprint density at radius 1 is 1.00 bits per heavy atom. The predicted octanol–water partition coefficient (Wildman–Crippen LogP) is -1.83. The number of nitrogens with one attached hydrogen (secondary N) is 7. The van der Waals surface area contributed by atoms with Crippen LogP contribution in [0.15, 0.2) is 52.7 Å². The van der Waals surface area contributed by atoms with Crippen LogP contribution in [0, 0.1) is 5.41 Å². The Hall–Kier alpha value is -6.00. The van der Waals surface area contributed by atoms with E-state index in [1.54, 1.807) is 0 Å². The number of carbonyl (C=O) groups excluding carboxylic acids is 5. The molecular weight excluding hydrogens is 952 g/mol. The SMILES string of the molecule is C[C@@H](O)[C@H](NN)C(=O)N[C@@H](CCCCN)C(=O)N1CCC[C@H]1C(=O)N[C@@H](CCCNC(=N)N)C(=O)C(=O)CNNC(Cc1ccc(O)c(/N=N/c2ccc(OP(=O)([O-])OCC[N+](C)(C)C)cc2)c1)C(=O)O. The number of azo groups is 1. The molecule has 0 bridgehead atoms.